The summed E-state index contributed by atoms with van der Waals surface area (Å²) < 4.78 is 20.1. The first-order valence-electron chi connectivity index (χ1n) is 12.6. The Bertz CT molecular complexity index is 1240. The lowest BCUT2D eigenvalue weighted by Crippen LogP contribution is -2.43. The van der Waals surface area contributed by atoms with Gasteiger partial charge in [-0.15, -0.1) is 0 Å². The van der Waals surface area contributed by atoms with E-state index >= 15 is 0 Å². The molecule has 1 amide bonds. The van der Waals surface area contributed by atoms with Crippen LogP contribution in [0.4, 0.5) is 0 Å². The quantitative estimate of drug-likeness (QED) is 0.450. The van der Waals surface area contributed by atoms with Crippen molar-refractivity contribution in [1.82, 2.24) is 4.90 Å². The summed E-state index contributed by atoms with van der Waals surface area (Å²) >= 11 is 0. The van der Waals surface area contributed by atoms with E-state index < -0.39 is 5.97 Å². The molecule has 8 heteroatoms. The number of hydrogen-bond acceptors (Lipinski definition) is 7. The van der Waals surface area contributed by atoms with Crippen LogP contribution in [0.15, 0.2) is 66.7 Å². The van der Waals surface area contributed by atoms with E-state index in [-0.39, 0.29) is 40.4 Å². The molecule has 0 aliphatic carbocycles. The highest BCUT2D eigenvalue weighted by Gasteiger charge is 2.32. The van der Waals surface area contributed by atoms with E-state index in [1.165, 1.54) is 25.8 Å². The highest BCUT2D eigenvalue weighted by molar-refractivity contribution is 6.00. The molecule has 1 saturated heterocycles. The number of phenolic OH excluding ortho intramolecular Hbond substituents is 1. The molecule has 2 aliphatic heterocycles. The molecule has 200 valence electrons. The Morgan fingerprint density at radius 2 is 1.53 bits per heavy atom. The maximum atomic E-state index is 13.1. The van der Waals surface area contributed by atoms with Gasteiger partial charge in [-0.3, -0.25) is 4.79 Å². The predicted octanol–water partition coefficient (Wildman–Crippen LogP) is 4.76. The molecule has 0 spiro atoms. The third-order valence-corrected chi connectivity index (χ3v) is 6.79. The first kappa shape index (κ1) is 27.0. The van der Waals surface area contributed by atoms with Crippen molar-refractivity contribution in [3.63, 3.8) is 0 Å². The topological polar surface area (TPSA) is 94.5 Å². The first-order chi connectivity index (χ1) is 18.4. The molecule has 2 unspecified atom stereocenters. The normalized spacial score (nSPS) is 15.6. The molecule has 0 saturated carbocycles. The summed E-state index contributed by atoms with van der Waals surface area (Å²) in [6, 6.07) is 22.0. The Morgan fingerprint density at radius 3 is 2.11 bits per heavy atom. The molecule has 2 aliphatic rings. The predicted molar refractivity (Wildman–Crippen MR) is 142 cm³/mol. The third kappa shape index (κ3) is 5.92. The van der Waals surface area contributed by atoms with Gasteiger partial charge in [0.2, 0.25) is 17.4 Å². The SMILES string of the molecule is CC(CC(C(=O)N1CCOCC1)c1ccccc1)c1ccccc1.COc1c2cc(c(O)c1OC)C(=O)O2. The lowest BCUT2D eigenvalue weighted by molar-refractivity contribution is -0.137. The van der Waals surface area contributed by atoms with Gasteiger partial charge in [-0.2, -0.15) is 0 Å². The van der Waals surface area contributed by atoms with Crippen molar-refractivity contribution in [2.75, 3.05) is 40.5 Å². The van der Waals surface area contributed by atoms with Crippen molar-refractivity contribution in [2.24, 2.45) is 0 Å². The van der Waals surface area contributed by atoms with E-state index in [4.69, 9.17) is 18.9 Å². The Kier molecular flexibility index (Phi) is 8.86. The van der Waals surface area contributed by atoms with Crippen LogP contribution in [0.3, 0.4) is 0 Å². The van der Waals surface area contributed by atoms with E-state index in [0.29, 0.717) is 32.2 Å². The zero-order valence-corrected chi connectivity index (χ0v) is 21.9. The number of hydrogen-bond donors (Lipinski definition) is 1. The lowest BCUT2D eigenvalue weighted by Gasteiger charge is -2.31. The lowest BCUT2D eigenvalue weighted by atomic mass is 9.85. The molecule has 3 aromatic carbocycles. The van der Waals surface area contributed by atoms with Crippen molar-refractivity contribution in [2.45, 2.75) is 25.2 Å². The van der Waals surface area contributed by atoms with Gasteiger partial charge in [0.1, 0.15) is 5.56 Å². The van der Waals surface area contributed by atoms with Gasteiger partial charge in [0, 0.05) is 19.2 Å². The van der Waals surface area contributed by atoms with Crippen molar-refractivity contribution in [3.05, 3.63) is 83.4 Å². The molecule has 3 aromatic rings. The molecule has 0 radical (unpaired) electrons. The minimum Gasteiger partial charge on any atom is -0.504 e. The largest absolute Gasteiger partial charge is 0.504 e. The summed E-state index contributed by atoms with van der Waals surface area (Å²) in [4.78, 5) is 26.3. The number of carbonyl (C=O) groups is 2. The Morgan fingerprint density at radius 1 is 0.947 bits per heavy atom. The molecule has 38 heavy (non-hydrogen) atoms. The number of fused-ring (bicyclic) bond motifs is 2. The van der Waals surface area contributed by atoms with Crippen LogP contribution in [0.2, 0.25) is 0 Å². The standard InChI is InChI=1S/C21H25NO2.C9H8O5/c1-17(18-8-4-2-5-9-18)16-20(19-10-6-3-7-11-19)21(23)22-12-14-24-15-13-22;1-12-7-5-3-4(9(11)14-5)6(10)8(7)13-2/h2-11,17,20H,12-16H2,1H3;3,10H,1-2H3. The number of nitrogens with zero attached hydrogens (tertiary/aromatic N) is 1. The number of benzene rings is 3. The molecule has 2 heterocycles. The number of aromatic hydroxyl groups is 1. The number of morpholine rings is 1. The Labute approximate surface area is 222 Å². The van der Waals surface area contributed by atoms with Gasteiger partial charge in [-0.1, -0.05) is 67.6 Å². The summed E-state index contributed by atoms with van der Waals surface area (Å²) in [5.41, 5.74) is 2.49. The number of methoxy groups -OCH3 is 2. The van der Waals surface area contributed by atoms with Crippen LogP contribution in [0.25, 0.3) is 0 Å². The third-order valence-electron chi connectivity index (χ3n) is 6.79. The summed E-state index contributed by atoms with van der Waals surface area (Å²) in [7, 11) is 2.78. The molecular weight excluding hydrogens is 486 g/mol. The van der Waals surface area contributed by atoms with E-state index in [9.17, 15) is 14.7 Å². The highest BCUT2D eigenvalue weighted by Crippen LogP contribution is 2.49. The first-order valence-corrected chi connectivity index (χ1v) is 12.6. The minimum absolute atomic E-state index is 0.0950. The van der Waals surface area contributed by atoms with Gasteiger partial charge in [0.25, 0.3) is 0 Å². The zero-order valence-electron chi connectivity index (χ0n) is 21.9. The van der Waals surface area contributed by atoms with Crippen LogP contribution in [-0.4, -0.2) is 62.4 Å². The molecule has 1 fully saturated rings. The Hall–Kier alpha value is -4.04. The van der Waals surface area contributed by atoms with Crippen LogP contribution in [0.5, 0.6) is 23.0 Å². The number of phenols is 1. The van der Waals surface area contributed by atoms with Crippen LogP contribution in [0, 0.1) is 0 Å². The maximum absolute atomic E-state index is 13.1. The molecule has 8 nitrogen and oxygen atoms in total. The van der Waals surface area contributed by atoms with Gasteiger partial charge in [-0.05, 0) is 23.5 Å². The van der Waals surface area contributed by atoms with E-state index in [1.807, 2.05) is 29.2 Å². The van der Waals surface area contributed by atoms with Crippen molar-refractivity contribution in [1.29, 1.82) is 0 Å². The van der Waals surface area contributed by atoms with E-state index in [2.05, 4.69) is 43.3 Å². The summed E-state index contributed by atoms with van der Waals surface area (Å²) in [5, 5.41) is 9.60. The summed E-state index contributed by atoms with van der Waals surface area (Å²) in [5.74, 6) is 0.218. The van der Waals surface area contributed by atoms with Crippen LogP contribution in [-0.2, 0) is 9.53 Å². The maximum Gasteiger partial charge on any atom is 0.347 e. The average Bonchev–Trinajstić information content (AvgIpc) is 3.32. The second-order valence-electron chi connectivity index (χ2n) is 9.18. The van der Waals surface area contributed by atoms with Crippen molar-refractivity contribution >= 4 is 11.9 Å². The summed E-state index contributed by atoms with van der Waals surface area (Å²) in [6.45, 7) is 4.88. The second kappa shape index (κ2) is 12.5. The zero-order chi connectivity index (χ0) is 27.1. The van der Waals surface area contributed by atoms with Crippen molar-refractivity contribution in [3.8, 4) is 23.0 Å². The smallest absolute Gasteiger partial charge is 0.347 e. The monoisotopic (exact) mass is 519 g/mol. The number of ether oxygens (including phenoxy) is 4. The number of amides is 1. The fourth-order valence-corrected chi connectivity index (χ4v) is 4.72. The number of rotatable bonds is 7. The Balaban J connectivity index is 0.000000204. The van der Waals surface area contributed by atoms with Crippen molar-refractivity contribution < 1.29 is 33.6 Å². The van der Waals surface area contributed by atoms with Crippen LogP contribution in [0.1, 0.15) is 46.7 Å². The summed E-state index contributed by atoms with van der Waals surface area (Å²) in [6.07, 6.45) is 0.824. The van der Waals surface area contributed by atoms with Gasteiger partial charge in [-0.25, -0.2) is 4.79 Å². The fraction of sp³-hybridized carbons (Fsp3) is 0.333. The molecule has 0 aromatic heterocycles. The fourth-order valence-electron chi connectivity index (χ4n) is 4.72. The molecule has 1 N–H and O–H groups in total. The average molecular weight is 520 g/mol. The van der Waals surface area contributed by atoms with Gasteiger partial charge < -0.3 is 29.0 Å². The number of carbonyl (C=O) groups excluding carboxylic acids is 2. The molecule has 2 bridgehead atoms. The van der Waals surface area contributed by atoms with E-state index in [0.717, 1.165) is 12.0 Å². The van der Waals surface area contributed by atoms with Gasteiger partial charge in [0.15, 0.2) is 11.5 Å². The van der Waals surface area contributed by atoms with Gasteiger partial charge in [0.05, 0.1) is 33.4 Å². The minimum atomic E-state index is -0.598. The number of esters is 1. The molecular formula is C30H33NO7. The van der Waals surface area contributed by atoms with Crippen LogP contribution >= 0.6 is 0 Å². The highest BCUT2D eigenvalue weighted by atomic mass is 16.6. The van der Waals surface area contributed by atoms with Gasteiger partial charge >= 0.3 is 5.97 Å². The molecule has 2 atom stereocenters. The second-order valence-corrected chi connectivity index (χ2v) is 9.18. The van der Waals surface area contributed by atoms with E-state index in [1.54, 1.807) is 0 Å². The molecule has 5 rings (SSSR count). The van der Waals surface area contributed by atoms with Crippen LogP contribution < -0.4 is 14.2 Å².